The van der Waals surface area contributed by atoms with Crippen LogP contribution in [0.3, 0.4) is 0 Å². The lowest BCUT2D eigenvalue weighted by molar-refractivity contribution is 0.317. The van der Waals surface area contributed by atoms with Gasteiger partial charge >= 0.3 is 0 Å². The molecule has 1 N–H and O–H groups in total. The van der Waals surface area contributed by atoms with Crippen LogP contribution in [0, 0.1) is 0 Å². The molecule has 0 unspecified atom stereocenters. The number of fused-ring (bicyclic) bond motifs is 1. The van der Waals surface area contributed by atoms with Gasteiger partial charge in [0, 0.05) is 17.9 Å². The van der Waals surface area contributed by atoms with E-state index < -0.39 is 0 Å². The van der Waals surface area contributed by atoms with Crippen LogP contribution in [0.25, 0.3) is 0 Å². The van der Waals surface area contributed by atoms with Crippen molar-refractivity contribution in [1.29, 1.82) is 0 Å². The zero-order valence-corrected chi connectivity index (χ0v) is 10.6. The number of aryl methyl sites for hydroxylation is 1. The highest BCUT2D eigenvalue weighted by Gasteiger charge is 2.21. The van der Waals surface area contributed by atoms with Crippen LogP contribution in [0.5, 0.6) is 0 Å². The molecular formula is C13H21NO2. The van der Waals surface area contributed by atoms with E-state index in [0.717, 1.165) is 42.1 Å². The number of oxime groups is 1. The summed E-state index contributed by atoms with van der Waals surface area (Å²) in [5.74, 6) is 2.35. The molecule has 1 aliphatic carbocycles. The van der Waals surface area contributed by atoms with Gasteiger partial charge in [0.15, 0.2) is 0 Å². The van der Waals surface area contributed by atoms with Gasteiger partial charge < -0.3 is 9.62 Å². The second-order valence-electron chi connectivity index (χ2n) is 4.04. The van der Waals surface area contributed by atoms with Gasteiger partial charge in [-0.3, -0.25) is 0 Å². The molecule has 1 aromatic heterocycles. The van der Waals surface area contributed by atoms with Gasteiger partial charge in [-0.25, -0.2) is 0 Å². The van der Waals surface area contributed by atoms with Crippen LogP contribution in [-0.4, -0.2) is 10.9 Å². The van der Waals surface area contributed by atoms with E-state index in [9.17, 15) is 0 Å². The lowest BCUT2D eigenvalue weighted by Gasteiger charge is -2.09. The maximum atomic E-state index is 8.83. The molecule has 0 amide bonds. The molecule has 0 spiro atoms. The predicted octanol–water partition coefficient (Wildman–Crippen LogP) is 3.94. The highest BCUT2D eigenvalue weighted by atomic mass is 16.4. The molecule has 90 valence electrons. The van der Waals surface area contributed by atoms with Crippen LogP contribution in [0.1, 0.15) is 63.5 Å². The van der Waals surface area contributed by atoms with Crippen LogP contribution in [0.4, 0.5) is 0 Å². The molecule has 1 aromatic rings. The van der Waals surface area contributed by atoms with Crippen molar-refractivity contribution in [1.82, 2.24) is 0 Å². The summed E-state index contributed by atoms with van der Waals surface area (Å²) >= 11 is 0. The number of rotatable bonds is 1. The fourth-order valence-electron chi connectivity index (χ4n) is 1.82. The molecule has 0 saturated carbocycles. The molecule has 0 bridgehead atoms. The maximum Gasteiger partial charge on any atom is 0.113 e. The first-order valence-electron chi connectivity index (χ1n) is 6.06. The van der Waals surface area contributed by atoms with Crippen molar-refractivity contribution in [3.63, 3.8) is 0 Å². The van der Waals surface area contributed by atoms with Crippen LogP contribution < -0.4 is 0 Å². The molecule has 3 heteroatoms. The van der Waals surface area contributed by atoms with E-state index in [4.69, 9.17) is 9.62 Å². The summed E-state index contributed by atoms with van der Waals surface area (Å²) in [5.41, 5.74) is 1.77. The lowest BCUT2D eigenvalue weighted by atomic mass is 9.96. The lowest BCUT2D eigenvalue weighted by Crippen LogP contribution is -2.09. The van der Waals surface area contributed by atoms with Crippen LogP contribution in [0.15, 0.2) is 15.6 Å². The highest BCUT2D eigenvalue weighted by molar-refractivity contribution is 6.02. The van der Waals surface area contributed by atoms with Crippen LogP contribution >= 0.6 is 0 Å². The van der Waals surface area contributed by atoms with Gasteiger partial charge in [0.05, 0.1) is 5.71 Å². The third kappa shape index (κ3) is 2.46. The SMILES string of the molecule is CC.CC(C)c1cc2c(o1)CCC/C2=N/O. The molecule has 1 heterocycles. The topological polar surface area (TPSA) is 45.7 Å². The number of nitrogens with zero attached hydrogens (tertiary/aromatic N) is 1. The van der Waals surface area contributed by atoms with Crippen molar-refractivity contribution in [2.75, 3.05) is 0 Å². The number of furan rings is 1. The standard InChI is InChI=1S/C11H15NO2.C2H6/c1-7(2)11-6-8-9(12-13)4-3-5-10(8)14-11;1-2/h6-7,13H,3-5H2,1-2H3;1-2H3/b12-9-;. The number of hydrogen-bond acceptors (Lipinski definition) is 3. The molecule has 0 aromatic carbocycles. The van der Waals surface area contributed by atoms with Gasteiger partial charge in [-0.15, -0.1) is 0 Å². The molecule has 3 nitrogen and oxygen atoms in total. The van der Waals surface area contributed by atoms with Crippen LogP contribution in [0.2, 0.25) is 0 Å². The van der Waals surface area contributed by atoms with E-state index in [1.165, 1.54) is 0 Å². The van der Waals surface area contributed by atoms with E-state index >= 15 is 0 Å². The summed E-state index contributed by atoms with van der Waals surface area (Å²) in [5, 5.41) is 12.2. The number of hydrogen-bond donors (Lipinski definition) is 1. The minimum atomic E-state index is 0.389. The quantitative estimate of drug-likeness (QED) is 0.579. The van der Waals surface area contributed by atoms with E-state index in [2.05, 4.69) is 19.0 Å². The average Bonchev–Trinajstić information content (AvgIpc) is 2.75. The summed E-state index contributed by atoms with van der Waals surface area (Å²) in [6, 6.07) is 2.01. The van der Waals surface area contributed by atoms with Crippen molar-refractivity contribution in [3.8, 4) is 0 Å². The van der Waals surface area contributed by atoms with Gasteiger partial charge in [-0.1, -0.05) is 32.9 Å². The van der Waals surface area contributed by atoms with Gasteiger partial charge in [0.2, 0.25) is 0 Å². The summed E-state index contributed by atoms with van der Waals surface area (Å²) in [6.07, 6.45) is 2.82. The predicted molar refractivity (Wildman–Crippen MR) is 65.4 cm³/mol. The van der Waals surface area contributed by atoms with Crippen LogP contribution in [-0.2, 0) is 6.42 Å². The van der Waals surface area contributed by atoms with Gasteiger partial charge in [-0.05, 0) is 18.9 Å². The monoisotopic (exact) mass is 223 g/mol. The van der Waals surface area contributed by atoms with Crippen molar-refractivity contribution < 1.29 is 9.62 Å². The molecule has 0 radical (unpaired) electrons. The summed E-state index contributed by atoms with van der Waals surface area (Å²) in [7, 11) is 0. The highest BCUT2D eigenvalue weighted by Crippen LogP contribution is 2.28. The summed E-state index contributed by atoms with van der Waals surface area (Å²) in [4.78, 5) is 0. The normalized spacial score (nSPS) is 16.9. The van der Waals surface area contributed by atoms with E-state index in [1.807, 2.05) is 19.9 Å². The van der Waals surface area contributed by atoms with Crippen molar-refractivity contribution >= 4 is 5.71 Å². The van der Waals surface area contributed by atoms with Crippen molar-refractivity contribution in [3.05, 3.63) is 23.2 Å². The van der Waals surface area contributed by atoms with Gasteiger partial charge in [0.1, 0.15) is 11.5 Å². The van der Waals surface area contributed by atoms with Gasteiger partial charge in [-0.2, -0.15) is 0 Å². The Balaban J connectivity index is 0.000000606. The largest absolute Gasteiger partial charge is 0.465 e. The van der Waals surface area contributed by atoms with Gasteiger partial charge in [0.25, 0.3) is 0 Å². The van der Waals surface area contributed by atoms with E-state index in [1.54, 1.807) is 0 Å². The Morgan fingerprint density at radius 3 is 2.56 bits per heavy atom. The molecule has 0 saturated heterocycles. The first-order chi connectivity index (χ1) is 7.72. The maximum absolute atomic E-state index is 8.83. The van der Waals surface area contributed by atoms with Crippen molar-refractivity contribution in [2.24, 2.45) is 5.16 Å². The Kier molecular flexibility index (Phi) is 4.59. The minimum absolute atomic E-state index is 0.389. The first-order valence-corrected chi connectivity index (χ1v) is 6.06. The fraction of sp³-hybridized carbons (Fsp3) is 0.615. The minimum Gasteiger partial charge on any atom is -0.465 e. The smallest absolute Gasteiger partial charge is 0.113 e. The second-order valence-corrected chi connectivity index (χ2v) is 4.04. The Labute approximate surface area is 97.2 Å². The molecule has 1 aliphatic rings. The second kappa shape index (κ2) is 5.73. The van der Waals surface area contributed by atoms with E-state index in [-0.39, 0.29) is 0 Å². The summed E-state index contributed by atoms with van der Waals surface area (Å²) in [6.45, 7) is 8.19. The Bertz CT molecular complexity index is 364. The molecular weight excluding hydrogens is 202 g/mol. The average molecular weight is 223 g/mol. The zero-order valence-electron chi connectivity index (χ0n) is 10.6. The fourth-order valence-corrected chi connectivity index (χ4v) is 1.82. The third-order valence-electron chi connectivity index (χ3n) is 2.65. The first kappa shape index (κ1) is 12.8. The van der Waals surface area contributed by atoms with Crippen molar-refractivity contribution in [2.45, 2.75) is 52.9 Å². The molecule has 16 heavy (non-hydrogen) atoms. The Morgan fingerprint density at radius 2 is 2.00 bits per heavy atom. The zero-order chi connectivity index (χ0) is 12.1. The summed E-state index contributed by atoms with van der Waals surface area (Å²) < 4.78 is 5.71. The molecule has 0 atom stereocenters. The molecule has 0 aliphatic heterocycles. The Morgan fingerprint density at radius 1 is 1.31 bits per heavy atom. The third-order valence-corrected chi connectivity index (χ3v) is 2.65. The Hall–Kier alpha value is -1.25. The van der Waals surface area contributed by atoms with E-state index in [0.29, 0.717) is 5.92 Å². The molecule has 0 fully saturated rings. The molecule has 2 rings (SSSR count).